The van der Waals surface area contributed by atoms with Crippen molar-refractivity contribution in [3.63, 3.8) is 0 Å². The second-order valence-electron chi connectivity index (χ2n) is 4.09. The predicted octanol–water partition coefficient (Wildman–Crippen LogP) is 2.30. The fourth-order valence-corrected chi connectivity index (χ4v) is 1.72. The van der Waals surface area contributed by atoms with Crippen LogP contribution in [0, 0.1) is 13.8 Å². The van der Waals surface area contributed by atoms with Gasteiger partial charge < -0.3 is 9.84 Å². The minimum atomic E-state index is -1.05. The third-order valence-electron chi connectivity index (χ3n) is 2.63. The van der Waals surface area contributed by atoms with Gasteiger partial charge in [-0.3, -0.25) is 5.10 Å². The van der Waals surface area contributed by atoms with Crippen LogP contribution in [0.15, 0.2) is 24.3 Å². The molecule has 0 fully saturated rings. The zero-order chi connectivity index (χ0) is 13.1. The van der Waals surface area contributed by atoms with Gasteiger partial charge in [-0.05, 0) is 31.0 Å². The highest BCUT2D eigenvalue weighted by atomic mass is 16.5. The molecule has 5 nitrogen and oxygen atoms in total. The van der Waals surface area contributed by atoms with Crippen LogP contribution >= 0.6 is 0 Å². The molecule has 94 valence electrons. The lowest BCUT2D eigenvalue weighted by Crippen LogP contribution is -1.99. The number of aromatic amines is 1. The number of rotatable bonds is 4. The Kier molecular flexibility index (Phi) is 3.32. The molecule has 2 aromatic rings. The average Bonchev–Trinajstić information content (AvgIpc) is 2.77. The number of para-hydroxylation sites is 1. The Morgan fingerprint density at radius 1 is 1.39 bits per heavy atom. The van der Waals surface area contributed by atoms with Gasteiger partial charge in [0.1, 0.15) is 12.4 Å². The number of aryl methyl sites for hydroxylation is 2. The molecule has 0 saturated heterocycles. The maximum Gasteiger partial charge on any atom is 0.356 e. The summed E-state index contributed by atoms with van der Waals surface area (Å²) in [5, 5.41) is 15.1. The van der Waals surface area contributed by atoms with E-state index in [1.165, 1.54) is 6.07 Å². The Morgan fingerprint density at radius 3 is 2.61 bits per heavy atom. The molecule has 0 aliphatic rings. The maximum atomic E-state index is 10.7. The Bertz CT molecular complexity index is 555. The molecule has 0 spiro atoms. The van der Waals surface area contributed by atoms with E-state index in [1.54, 1.807) is 0 Å². The summed E-state index contributed by atoms with van der Waals surface area (Å²) in [6.45, 7) is 4.21. The topological polar surface area (TPSA) is 75.2 Å². The predicted molar refractivity (Wildman–Crippen MR) is 65.8 cm³/mol. The number of nitrogens with one attached hydrogen (secondary N) is 1. The molecule has 1 aromatic heterocycles. The number of nitrogens with zero attached hydrogens (tertiary/aromatic N) is 1. The van der Waals surface area contributed by atoms with E-state index in [0.717, 1.165) is 16.9 Å². The van der Waals surface area contributed by atoms with Crippen LogP contribution in [0.2, 0.25) is 0 Å². The molecule has 0 saturated carbocycles. The number of carboxylic acid groups (broad SMARTS) is 1. The first-order chi connectivity index (χ1) is 8.58. The van der Waals surface area contributed by atoms with Crippen molar-refractivity contribution in [3.8, 4) is 5.75 Å². The second-order valence-corrected chi connectivity index (χ2v) is 4.09. The summed E-state index contributed by atoms with van der Waals surface area (Å²) in [4.78, 5) is 10.7. The van der Waals surface area contributed by atoms with E-state index in [4.69, 9.17) is 9.84 Å². The number of aromatic nitrogens is 2. The van der Waals surface area contributed by atoms with Crippen LogP contribution in [0.3, 0.4) is 0 Å². The largest absolute Gasteiger partial charge is 0.487 e. The SMILES string of the molecule is Cc1cccc(C)c1OCc1cc(C(=O)O)n[nH]1. The van der Waals surface area contributed by atoms with Gasteiger partial charge in [-0.1, -0.05) is 18.2 Å². The highest BCUT2D eigenvalue weighted by Gasteiger charge is 2.09. The first-order valence-corrected chi connectivity index (χ1v) is 5.54. The molecule has 1 heterocycles. The Morgan fingerprint density at radius 2 is 2.06 bits per heavy atom. The van der Waals surface area contributed by atoms with Crippen molar-refractivity contribution >= 4 is 5.97 Å². The van der Waals surface area contributed by atoms with Crippen molar-refractivity contribution in [3.05, 3.63) is 46.8 Å². The van der Waals surface area contributed by atoms with Gasteiger partial charge in [0.15, 0.2) is 5.69 Å². The normalized spacial score (nSPS) is 10.3. The molecule has 2 rings (SSSR count). The number of aromatic carboxylic acids is 1. The fourth-order valence-electron chi connectivity index (χ4n) is 1.72. The van der Waals surface area contributed by atoms with Gasteiger partial charge in [0.05, 0.1) is 5.69 Å². The molecule has 0 radical (unpaired) electrons. The van der Waals surface area contributed by atoms with Crippen LogP contribution in [0.4, 0.5) is 0 Å². The first kappa shape index (κ1) is 12.2. The van der Waals surface area contributed by atoms with E-state index in [9.17, 15) is 4.79 Å². The summed E-state index contributed by atoms with van der Waals surface area (Å²) in [6, 6.07) is 7.38. The van der Waals surface area contributed by atoms with Crippen LogP contribution in [-0.2, 0) is 6.61 Å². The van der Waals surface area contributed by atoms with E-state index in [1.807, 2.05) is 32.0 Å². The summed E-state index contributed by atoms with van der Waals surface area (Å²) in [7, 11) is 0. The minimum absolute atomic E-state index is 0.00453. The molecule has 0 bridgehead atoms. The fraction of sp³-hybridized carbons (Fsp3) is 0.231. The summed E-state index contributed by atoms with van der Waals surface area (Å²) < 4.78 is 5.68. The third kappa shape index (κ3) is 2.51. The van der Waals surface area contributed by atoms with Gasteiger partial charge in [0, 0.05) is 0 Å². The van der Waals surface area contributed by atoms with E-state index in [2.05, 4.69) is 10.2 Å². The molecule has 0 atom stereocenters. The number of benzene rings is 1. The second kappa shape index (κ2) is 4.91. The summed E-state index contributed by atoms with van der Waals surface area (Å²) in [5.41, 5.74) is 2.73. The molecular formula is C13H14N2O3. The van der Waals surface area contributed by atoms with Crippen LogP contribution in [0.1, 0.15) is 27.3 Å². The summed E-state index contributed by atoms with van der Waals surface area (Å²) in [5.74, 6) is -0.228. The van der Waals surface area contributed by atoms with E-state index < -0.39 is 5.97 Å². The minimum Gasteiger partial charge on any atom is -0.487 e. The average molecular weight is 246 g/mol. The highest BCUT2D eigenvalue weighted by Crippen LogP contribution is 2.23. The van der Waals surface area contributed by atoms with E-state index >= 15 is 0 Å². The molecule has 0 unspecified atom stereocenters. The number of hydrogen-bond donors (Lipinski definition) is 2. The van der Waals surface area contributed by atoms with Crippen molar-refractivity contribution in [2.45, 2.75) is 20.5 Å². The molecule has 2 N–H and O–H groups in total. The molecular weight excluding hydrogens is 232 g/mol. The lowest BCUT2D eigenvalue weighted by molar-refractivity contribution is 0.0690. The lowest BCUT2D eigenvalue weighted by Gasteiger charge is -2.10. The van der Waals surface area contributed by atoms with Crippen molar-refractivity contribution in [2.24, 2.45) is 0 Å². The summed E-state index contributed by atoms with van der Waals surface area (Å²) in [6.07, 6.45) is 0. The zero-order valence-electron chi connectivity index (χ0n) is 10.2. The van der Waals surface area contributed by atoms with Crippen molar-refractivity contribution in [1.29, 1.82) is 0 Å². The van der Waals surface area contributed by atoms with Crippen molar-refractivity contribution < 1.29 is 14.6 Å². The smallest absolute Gasteiger partial charge is 0.356 e. The number of carboxylic acids is 1. The standard InChI is InChI=1S/C13H14N2O3/c1-8-4-3-5-9(2)12(8)18-7-10-6-11(13(16)17)15-14-10/h3-6H,7H2,1-2H3,(H,14,15)(H,16,17). The molecule has 0 aliphatic carbocycles. The van der Waals surface area contributed by atoms with Gasteiger partial charge >= 0.3 is 5.97 Å². The van der Waals surface area contributed by atoms with Crippen LogP contribution in [-0.4, -0.2) is 21.3 Å². The van der Waals surface area contributed by atoms with Crippen LogP contribution < -0.4 is 4.74 Å². The van der Waals surface area contributed by atoms with E-state index in [0.29, 0.717) is 5.69 Å². The van der Waals surface area contributed by atoms with Gasteiger partial charge in [-0.25, -0.2) is 4.79 Å². The van der Waals surface area contributed by atoms with E-state index in [-0.39, 0.29) is 12.3 Å². The lowest BCUT2D eigenvalue weighted by atomic mass is 10.1. The number of ether oxygens (including phenoxy) is 1. The van der Waals surface area contributed by atoms with Gasteiger partial charge in [-0.15, -0.1) is 0 Å². The van der Waals surface area contributed by atoms with Crippen molar-refractivity contribution in [2.75, 3.05) is 0 Å². The van der Waals surface area contributed by atoms with Crippen molar-refractivity contribution in [1.82, 2.24) is 10.2 Å². The molecule has 0 amide bonds. The Labute approximate surface area is 104 Å². The third-order valence-corrected chi connectivity index (χ3v) is 2.63. The van der Waals surface area contributed by atoms with Crippen LogP contribution in [0.5, 0.6) is 5.75 Å². The quantitative estimate of drug-likeness (QED) is 0.868. The van der Waals surface area contributed by atoms with Gasteiger partial charge in [-0.2, -0.15) is 5.10 Å². The molecule has 5 heteroatoms. The highest BCUT2D eigenvalue weighted by molar-refractivity contribution is 5.85. The monoisotopic (exact) mass is 246 g/mol. The number of carbonyl (C=O) groups is 1. The summed E-state index contributed by atoms with van der Waals surface area (Å²) >= 11 is 0. The molecule has 0 aliphatic heterocycles. The molecule has 18 heavy (non-hydrogen) atoms. The molecule has 1 aromatic carbocycles. The van der Waals surface area contributed by atoms with Gasteiger partial charge in [0.2, 0.25) is 0 Å². The van der Waals surface area contributed by atoms with Crippen LogP contribution in [0.25, 0.3) is 0 Å². The number of hydrogen-bond acceptors (Lipinski definition) is 3. The van der Waals surface area contributed by atoms with Gasteiger partial charge in [0.25, 0.3) is 0 Å². The zero-order valence-corrected chi connectivity index (χ0v) is 10.2. The first-order valence-electron chi connectivity index (χ1n) is 5.54. The Balaban J connectivity index is 2.09. The maximum absolute atomic E-state index is 10.7. The Hall–Kier alpha value is -2.30. The number of H-pyrrole nitrogens is 1.